The second kappa shape index (κ2) is 6.46. The minimum atomic E-state index is 0.0996. The zero-order chi connectivity index (χ0) is 13.7. The van der Waals surface area contributed by atoms with E-state index in [4.69, 9.17) is 4.74 Å². The highest BCUT2D eigenvalue weighted by Crippen LogP contribution is 2.20. The van der Waals surface area contributed by atoms with Crippen molar-refractivity contribution in [2.75, 3.05) is 26.3 Å². The highest BCUT2D eigenvalue weighted by molar-refractivity contribution is 5.14. The molecule has 0 unspecified atom stereocenters. The third kappa shape index (κ3) is 4.00. The minimum Gasteiger partial charge on any atom is -0.378 e. The summed E-state index contributed by atoms with van der Waals surface area (Å²) in [5.41, 5.74) is 2.48. The van der Waals surface area contributed by atoms with E-state index in [9.17, 15) is 0 Å². The van der Waals surface area contributed by atoms with E-state index in [0.717, 1.165) is 45.1 Å². The van der Waals surface area contributed by atoms with Crippen LogP contribution < -0.4 is 5.32 Å². The van der Waals surface area contributed by atoms with E-state index in [0.29, 0.717) is 0 Å². The molecule has 19 heavy (non-hydrogen) atoms. The Bertz CT molecular complexity index is 389. The number of nitrogens with one attached hydrogen (secondary N) is 1. The fourth-order valence-electron chi connectivity index (χ4n) is 2.30. The number of ether oxygens (including phenoxy) is 1. The van der Waals surface area contributed by atoms with Gasteiger partial charge in [-0.3, -0.25) is 9.88 Å². The Morgan fingerprint density at radius 1 is 1.42 bits per heavy atom. The molecule has 0 amide bonds. The Kier molecular flexibility index (Phi) is 4.91. The molecule has 1 N–H and O–H groups in total. The SMILES string of the molecule is CCNCc1ccc(CN2CCOCC2(C)C)nc1. The zero-order valence-corrected chi connectivity index (χ0v) is 12.3. The van der Waals surface area contributed by atoms with Crippen LogP contribution in [-0.2, 0) is 17.8 Å². The number of aromatic nitrogens is 1. The fraction of sp³-hybridized carbons (Fsp3) is 0.667. The molecule has 1 aliphatic heterocycles. The van der Waals surface area contributed by atoms with E-state index in [1.807, 2.05) is 6.20 Å². The van der Waals surface area contributed by atoms with Crippen LogP contribution in [0.4, 0.5) is 0 Å². The molecule has 4 nitrogen and oxygen atoms in total. The molecule has 1 fully saturated rings. The lowest BCUT2D eigenvalue weighted by Crippen LogP contribution is -2.52. The van der Waals surface area contributed by atoms with Gasteiger partial charge in [0.2, 0.25) is 0 Å². The summed E-state index contributed by atoms with van der Waals surface area (Å²) in [6.07, 6.45) is 1.98. The van der Waals surface area contributed by atoms with Crippen molar-refractivity contribution in [3.63, 3.8) is 0 Å². The van der Waals surface area contributed by atoms with Gasteiger partial charge in [-0.2, -0.15) is 0 Å². The lowest BCUT2D eigenvalue weighted by molar-refractivity contribution is -0.0557. The van der Waals surface area contributed by atoms with E-state index in [-0.39, 0.29) is 5.54 Å². The quantitative estimate of drug-likeness (QED) is 0.879. The normalized spacial score (nSPS) is 19.5. The van der Waals surface area contributed by atoms with Crippen molar-refractivity contribution < 1.29 is 4.74 Å². The molecule has 0 radical (unpaired) electrons. The van der Waals surface area contributed by atoms with Gasteiger partial charge in [0.25, 0.3) is 0 Å². The predicted octanol–water partition coefficient (Wildman–Crippen LogP) is 1.80. The molecule has 1 aromatic rings. The van der Waals surface area contributed by atoms with Gasteiger partial charge >= 0.3 is 0 Å². The standard InChI is InChI=1S/C15H25N3O/c1-4-16-9-13-5-6-14(17-10-13)11-18-7-8-19-12-15(18,2)3/h5-6,10,16H,4,7-9,11-12H2,1-3H3. The van der Waals surface area contributed by atoms with Crippen LogP contribution in [0.15, 0.2) is 18.3 Å². The van der Waals surface area contributed by atoms with Gasteiger partial charge in [-0.1, -0.05) is 13.0 Å². The first-order chi connectivity index (χ1) is 9.12. The summed E-state index contributed by atoms with van der Waals surface area (Å²) in [4.78, 5) is 7.02. The summed E-state index contributed by atoms with van der Waals surface area (Å²) < 4.78 is 5.55. The number of hydrogen-bond donors (Lipinski definition) is 1. The summed E-state index contributed by atoms with van der Waals surface area (Å²) in [6.45, 7) is 12.0. The molecule has 0 atom stereocenters. The minimum absolute atomic E-state index is 0.0996. The first-order valence-corrected chi connectivity index (χ1v) is 7.09. The van der Waals surface area contributed by atoms with E-state index in [1.54, 1.807) is 0 Å². The summed E-state index contributed by atoms with van der Waals surface area (Å²) in [5.74, 6) is 0. The number of pyridine rings is 1. The Morgan fingerprint density at radius 3 is 2.89 bits per heavy atom. The fourth-order valence-corrected chi connectivity index (χ4v) is 2.30. The van der Waals surface area contributed by atoms with Crippen molar-refractivity contribution in [3.8, 4) is 0 Å². The van der Waals surface area contributed by atoms with Crippen LogP contribution in [0, 0.1) is 0 Å². The molecule has 0 aromatic carbocycles. The molecule has 0 spiro atoms. The maximum absolute atomic E-state index is 5.55. The van der Waals surface area contributed by atoms with Crippen molar-refractivity contribution >= 4 is 0 Å². The van der Waals surface area contributed by atoms with Crippen LogP contribution in [0.25, 0.3) is 0 Å². The van der Waals surface area contributed by atoms with Crippen LogP contribution in [0.2, 0.25) is 0 Å². The third-order valence-electron chi connectivity index (χ3n) is 3.63. The van der Waals surface area contributed by atoms with E-state index >= 15 is 0 Å². The van der Waals surface area contributed by atoms with Gasteiger partial charge in [0.05, 0.1) is 18.9 Å². The maximum atomic E-state index is 5.55. The zero-order valence-electron chi connectivity index (χ0n) is 12.3. The molecule has 2 heterocycles. The lowest BCUT2D eigenvalue weighted by atomic mass is 10.0. The number of morpholine rings is 1. The van der Waals surface area contributed by atoms with Crippen LogP contribution >= 0.6 is 0 Å². The van der Waals surface area contributed by atoms with Crippen LogP contribution in [-0.4, -0.2) is 41.7 Å². The molecule has 0 aliphatic carbocycles. The van der Waals surface area contributed by atoms with E-state index < -0.39 is 0 Å². The smallest absolute Gasteiger partial charge is 0.0645 e. The summed E-state index contributed by atoms with van der Waals surface area (Å²) in [6, 6.07) is 4.30. The molecule has 0 bridgehead atoms. The van der Waals surface area contributed by atoms with E-state index in [2.05, 4.69) is 48.1 Å². The number of rotatable bonds is 5. The highest BCUT2D eigenvalue weighted by atomic mass is 16.5. The molecule has 2 rings (SSSR count). The molecule has 1 saturated heterocycles. The lowest BCUT2D eigenvalue weighted by Gasteiger charge is -2.41. The van der Waals surface area contributed by atoms with Gasteiger partial charge < -0.3 is 10.1 Å². The topological polar surface area (TPSA) is 37.4 Å². The van der Waals surface area contributed by atoms with Crippen LogP contribution in [0.5, 0.6) is 0 Å². The Morgan fingerprint density at radius 2 is 2.26 bits per heavy atom. The number of nitrogens with zero attached hydrogens (tertiary/aromatic N) is 2. The third-order valence-corrected chi connectivity index (χ3v) is 3.63. The Labute approximate surface area is 116 Å². The van der Waals surface area contributed by atoms with Crippen molar-refractivity contribution in [1.82, 2.24) is 15.2 Å². The molecule has 106 valence electrons. The second-order valence-electron chi connectivity index (χ2n) is 5.72. The van der Waals surface area contributed by atoms with Crippen molar-refractivity contribution in [1.29, 1.82) is 0 Å². The molecular formula is C15H25N3O. The first kappa shape index (κ1) is 14.4. The van der Waals surface area contributed by atoms with Gasteiger partial charge in [0, 0.05) is 31.4 Å². The average Bonchev–Trinajstić information content (AvgIpc) is 2.40. The van der Waals surface area contributed by atoms with Gasteiger partial charge in [-0.05, 0) is 32.0 Å². The van der Waals surface area contributed by atoms with Gasteiger partial charge in [-0.25, -0.2) is 0 Å². The van der Waals surface area contributed by atoms with Crippen molar-refractivity contribution in [2.24, 2.45) is 0 Å². The molecule has 1 aliphatic rings. The molecule has 1 aromatic heterocycles. The number of hydrogen-bond acceptors (Lipinski definition) is 4. The summed E-state index contributed by atoms with van der Waals surface area (Å²) in [7, 11) is 0. The van der Waals surface area contributed by atoms with Gasteiger partial charge in [0.1, 0.15) is 0 Å². The second-order valence-corrected chi connectivity index (χ2v) is 5.72. The van der Waals surface area contributed by atoms with E-state index in [1.165, 1.54) is 5.56 Å². The molecule has 4 heteroatoms. The predicted molar refractivity (Wildman–Crippen MR) is 76.9 cm³/mol. The largest absolute Gasteiger partial charge is 0.378 e. The monoisotopic (exact) mass is 263 g/mol. The molecular weight excluding hydrogens is 238 g/mol. The molecule has 0 saturated carbocycles. The highest BCUT2D eigenvalue weighted by Gasteiger charge is 2.30. The Hall–Kier alpha value is -0.970. The van der Waals surface area contributed by atoms with Crippen molar-refractivity contribution in [3.05, 3.63) is 29.6 Å². The maximum Gasteiger partial charge on any atom is 0.0645 e. The van der Waals surface area contributed by atoms with Crippen LogP contribution in [0.1, 0.15) is 32.0 Å². The van der Waals surface area contributed by atoms with Gasteiger partial charge in [0.15, 0.2) is 0 Å². The first-order valence-electron chi connectivity index (χ1n) is 7.09. The summed E-state index contributed by atoms with van der Waals surface area (Å²) >= 11 is 0. The summed E-state index contributed by atoms with van der Waals surface area (Å²) in [5, 5.41) is 3.31. The van der Waals surface area contributed by atoms with Crippen molar-refractivity contribution in [2.45, 2.75) is 39.4 Å². The van der Waals surface area contributed by atoms with Crippen LogP contribution in [0.3, 0.4) is 0 Å². The average molecular weight is 263 g/mol. The Balaban J connectivity index is 1.95. The van der Waals surface area contributed by atoms with Gasteiger partial charge in [-0.15, -0.1) is 0 Å².